The van der Waals surface area contributed by atoms with Gasteiger partial charge in [-0.15, -0.1) is 0 Å². The van der Waals surface area contributed by atoms with E-state index in [0.717, 1.165) is 18.2 Å². The molecular formula is C11H14F3NO2. The Morgan fingerprint density at radius 1 is 1.29 bits per heavy atom. The number of anilines is 1. The first-order chi connectivity index (χ1) is 7.86. The molecule has 0 aliphatic rings. The molecule has 0 aliphatic carbocycles. The second-order valence-electron chi connectivity index (χ2n) is 3.72. The quantitative estimate of drug-likeness (QED) is 0.716. The number of nitrogen functional groups attached to an aromatic ring is 1. The molecule has 0 saturated heterocycles. The lowest BCUT2D eigenvalue weighted by molar-refractivity contribution is -0.137. The first-order valence-electron chi connectivity index (χ1n) is 5.12. The van der Waals surface area contributed by atoms with Gasteiger partial charge >= 0.3 is 6.18 Å². The average molecular weight is 249 g/mol. The van der Waals surface area contributed by atoms with Gasteiger partial charge < -0.3 is 15.9 Å². The summed E-state index contributed by atoms with van der Waals surface area (Å²) in [6, 6.07) is 2.84. The minimum absolute atomic E-state index is 0.0493. The van der Waals surface area contributed by atoms with Crippen LogP contribution in [0.2, 0.25) is 0 Å². The number of hydrogen-bond donors (Lipinski definition) is 3. The number of aliphatic hydroxyl groups is 2. The lowest BCUT2D eigenvalue weighted by Crippen LogP contribution is -2.09. The molecule has 0 aliphatic heterocycles. The van der Waals surface area contributed by atoms with Crippen molar-refractivity contribution < 1.29 is 23.4 Å². The zero-order valence-corrected chi connectivity index (χ0v) is 9.04. The number of halogens is 3. The van der Waals surface area contributed by atoms with Crippen molar-refractivity contribution in [3.63, 3.8) is 0 Å². The second-order valence-corrected chi connectivity index (χ2v) is 3.72. The summed E-state index contributed by atoms with van der Waals surface area (Å²) < 4.78 is 37.4. The molecule has 17 heavy (non-hydrogen) atoms. The molecule has 6 heteroatoms. The Bertz CT molecular complexity index is 379. The normalized spacial score (nSPS) is 13.7. The van der Waals surface area contributed by atoms with Crippen LogP contribution in [0.5, 0.6) is 0 Å². The van der Waals surface area contributed by atoms with Gasteiger partial charge in [0.1, 0.15) is 0 Å². The topological polar surface area (TPSA) is 66.5 Å². The highest BCUT2D eigenvalue weighted by atomic mass is 19.4. The fourth-order valence-electron chi connectivity index (χ4n) is 1.48. The minimum Gasteiger partial charge on any atom is -0.398 e. The van der Waals surface area contributed by atoms with Crippen molar-refractivity contribution in [3.8, 4) is 0 Å². The van der Waals surface area contributed by atoms with E-state index < -0.39 is 17.8 Å². The number of alkyl halides is 3. The van der Waals surface area contributed by atoms with Crippen LogP contribution in [0.15, 0.2) is 18.2 Å². The van der Waals surface area contributed by atoms with E-state index in [9.17, 15) is 18.3 Å². The fourth-order valence-corrected chi connectivity index (χ4v) is 1.48. The molecule has 0 saturated carbocycles. The first kappa shape index (κ1) is 13.8. The van der Waals surface area contributed by atoms with Gasteiger partial charge in [0, 0.05) is 17.9 Å². The first-order valence-corrected chi connectivity index (χ1v) is 5.12. The van der Waals surface area contributed by atoms with Gasteiger partial charge in [0.15, 0.2) is 0 Å². The molecule has 0 spiro atoms. The summed E-state index contributed by atoms with van der Waals surface area (Å²) in [4.78, 5) is 0. The molecule has 1 aromatic carbocycles. The lowest BCUT2D eigenvalue weighted by atomic mass is 10.0. The van der Waals surface area contributed by atoms with E-state index in [1.807, 2.05) is 0 Å². The van der Waals surface area contributed by atoms with Gasteiger partial charge in [0.2, 0.25) is 0 Å². The summed E-state index contributed by atoms with van der Waals surface area (Å²) >= 11 is 0. The predicted octanol–water partition coefficient (Wildman–Crippen LogP) is 2.09. The van der Waals surface area contributed by atoms with E-state index in [4.69, 9.17) is 10.8 Å². The molecule has 0 heterocycles. The molecule has 0 radical (unpaired) electrons. The Morgan fingerprint density at radius 2 is 1.94 bits per heavy atom. The molecule has 4 N–H and O–H groups in total. The predicted molar refractivity (Wildman–Crippen MR) is 57.1 cm³/mol. The van der Waals surface area contributed by atoms with Gasteiger partial charge in [-0.3, -0.25) is 0 Å². The molecule has 1 unspecified atom stereocenters. The summed E-state index contributed by atoms with van der Waals surface area (Å²) in [5.74, 6) is 0. The van der Waals surface area contributed by atoms with Crippen LogP contribution in [0, 0.1) is 0 Å². The summed E-state index contributed by atoms with van der Waals surface area (Å²) in [5, 5.41) is 18.3. The Hall–Kier alpha value is -1.27. The largest absolute Gasteiger partial charge is 0.416 e. The number of hydrogen-bond acceptors (Lipinski definition) is 3. The molecule has 1 atom stereocenters. The highest BCUT2D eigenvalue weighted by molar-refractivity contribution is 5.50. The van der Waals surface area contributed by atoms with Crippen molar-refractivity contribution in [2.24, 2.45) is 0 Å². The molecule has 0 fully saturated rings. The summed E-state index contributed by atoms with van der Waals surface area (Å²) in [5.41, 5.74) is 4.84. The number of nitrogens with two attached hydrogens (primary N) is 1. The van der Waals surface area contributed by atoms with E-state index in [0.29, 0.717) is 6.42 Å². The number of aliphatic hydroxyl groups excluding tert-OH is 2. The van der Waals surface area contributed by atoms with Crippen LogP contribution in [0.25, 0.3) is 0 Å². The van der Waals surface area contributed by atoms with Crippen LogP contribution in [0.3, 0.4) is 0 Å². The van der Waals surface area contributed by atoms with E-state index in [1.54, 1.807) is 0 Å². The van der Waals surface area contributed by atoms with E-state index in [2.05, 4.69) is 0 Å². The van der Waals surface area contributed by atoms with Crippen LogP contribution in [0.4, 0.5) is 18.9 Å². The Morgan fingerprint density at radius 3 is 2.47 bits per heavy atom. The van der Waals surface area contributed by atoms with Gasteiger partial charge in [0.25, 0.3) is 0 Å². The lowest BCUT2D eigenvalue weighted by Gasteiger charge is -2.15. The third-order valence-electron chi connectivity index (χ3n) is 2.41. The maximum atomic E-state index is 12.5. The van der Waals surface area contributed by atoms with Crippen LogP contribution < -0.4 is 5.73 Å². The second kappa shape index (κ2) is 5.37. The molecule has 0 amide bonds. The van der Waals surface area contributed by atoms with E-state index in [-0.39, 0.29) is 24.3 Å². The van der Waals surface area contributed by atoms with Crippen molar-refractivity contribution in [2.75, 3.05) is 12.3 Å². The molecule has 3 nitrogen and oxygen atoms in total. The van der Waals surface area contributed by atoms with E-state index >= 15 is 0 Å². The third-order valence-corrected chi connectivity index (χ3v) is 2.41. The summed E-state index contributed by atoms with van der Waals surface area (Å²) in [6.07, 6.45) is -5.08. The van der Waals surface area contributed by atoms with Crippen molar-refractivity contribution in [2.45, 2.75) is 25.1 Å². The van der Waals surface area contributed by atoms with Crippen molar-refractivity contribution in [1.82, 2.24) is 0 Å². The van der Waals surface area contributed by atoms with Crippen LogP contribution in [0.1, 0.15) is 30.1 Å². The Kier molecular flexibility index (Phi) is 4.36. The monoisotopic (exact) mass is 249 g/mol. The SMILES string of the molecule is Nc1ccc(C(F)(F)F)cc1C(O)CCCO. The van der Waals surface area contributed by atoms with Crippen LogP contribution >= 0.6 is 0 Å². The maximum Gasteiger partial charge on any atom is 0.416 e. The number of rotatable bonds is 4. The average Bonchev–Trinajstić information content (AvgIpc) is 2.24. The molecular weight excluding hydrogens is 235 g/mol. The highest BCUT2D eigenvalue weighted by Crippen LogP contribution is 2.33. The van der Waals surface area contributed by atoms with Gasteiger partial charge in [0.05, 0.1) is 11.7 Å². The van der Waals surface area contributed by atoms with Crippen molar-refractivity contribution >= 4 is 5.69 Å². The maximum absolute atomic E-state index is 12.5. The van der Waals surface area contributed by atoms with Crippen LogP contribution in [-0.4, -0.2) is 16.8 Å². The zero-order chi connectivity index (χ0) is 13.1. The summed E-state index contributed by atoms with van der Waals surface area (Å²) in [6.45, 7) is -0.129. The minimum atomic E-state index is -4.46. The van der Waals surface area contributed by atoms with Gasteiger partial charge in [-0.25, -0.2) is 0 Å². The van der Waals surface area contributed by atoms with Crippen LogP contribution in [-0.2, 0) is 6.18 Å². The standard InChI is InChI=1S/C11H14F3NO2/c12-11(13,14)7-3-4-9(15)8(6-7)10(17)2-1-5-16/h3-4,6,10,16-17H,1-2,5,15H2. The zero-order valence-electron chi connectivity index (χ0n) is 9.04. The Balaban J connectivity index is 2.98. The van der Waals surface area contributed by atoms with Gasteiger partial charge in [-0.05, 0) is 31.0 Å². The Labute approximate surface area is 96.7 Å². The highest BCUT2D eigenvalue weighted by Gasteiger charge is 2.31. The summed E-state index contributed by atoms with van der Waals surface area (Å²) in [7, 11) is 0. The van der Waals surface area contributed by atoms with Crippen molar-refractivity contribution in [1.29, 1.82) is 0 Å². The van der Waals surface area contributed by atoms with E-state index in [1.165, 1.54) is 0 Å². The third kappa shape index (κ3) is 3.61. The number of benzene rings is 1. The molecule has 1 rings (SSSR count). The molecule has 1 aromatic rings. The van der Waals surface area contributed by atoms with Gasteiger partial charge in [-0.1, -0.05) is 0 Å². The molecule has 0 aromatic heterocycles. The molecule has 0 bridgehead atoms. The fraction of sp³-hybridized carbons (Fsp3) is 0.455. The van der Waals surface area contributed by atoms with Crippen molar-refractivity contribution in [3.05, 3.63) is 29.3 Å². The molecule has 96 valence electrons. The smallest absolute Gasteiger partial charge is 0.398 e. The van der Waals surface area contributed by atoms with Gasteiger partial charge in [-0.2, -0.15) is 13.2 Å².